The molecular weight excluding hydrogens is 597 g/mol. The van der Waals surface area contributed by atoms with Crippen molar-refractivity contribution in [1.29, 1.82) is 0 Å². The molecule has 230 valence electrons. The highest BCUT2D eigenvalue weighted by Gasteiger charge is 2.20. The Kier molecular flexibility index (Phi) is 3.44. The molecule has 9 rings (SSSR count). The van der Waals surface area contributed by atoms with Gasteiger partial charge in [0.2, 0.25) is 0 Å². The van der Waals surface area contributed by atoms with E-state index in [0.717, 1.165) is 0 Å². The van der Waals surface area contributed by atoms with Gasteiger partial charge in [-0.2, -0.15) is 0 Å². The minimum Gasteiger partial charge on any atom is -0.308 e. The zero-order valence-electron chi connectivity index (χ0n) is 46.9. The molecule has 4 heteroatoms. The minimum atomic E-state index is -0.940. The molecular formula is C45H30N4. The molecule has 0 saturated carbocycles. The zero-order chi connectivity index (χ0) is 51.7. The zero-order valence-corrected chi connectivity index (χ0v) is 24.9. The molecule has 49 heavy (non-hydrogen) atoms. The Labute approximate surface area is 315 Å². The third-order valence-corrected chi connectivity index (χ3v) is 7.53. The van der Waals surface area contributed by atoms with E-state index in [0.29, 0.717) is 21.8 Å². The first kappa shape index (κ1) is 13.8. The fourth-order valence-corrected chi connectivity index (χ4v) is 5.39. The molecule has 0 aliphatic carbocycles. The molecule has 9 aromatic rings. The predicted octanol–water partition coefficient (Wildman–Crippen LogP) is 11.3. The summed E-state index contributed by atoms with van der Waals surface area (Å²) < 4.78 is 195. The van der Waals surface area contributed by atoms with E-state index in [4.69, 9.17) is 23.3 Å². The van der Waals surface area contributed by atoms with Crippen LogP contribution in [0.2, 0.25) is 0 Å². The smallest absolute Gasteiger partial charge is 0.166 e. The summed E-state index contributed by atoms with van der Waals surface area (Å²) in [4.78, 5) is 13.5. The van der Waals surface area contributed by atoms with Crippen molar-refractivity contribution < 1.29 is 30.2 Å². The summed E-state index contributed by atoms with van der Waals surface area (Å²) >= 11 is 0. The molecule has 0 saturated heterocycles. The van der Waals surface area contributed by atoms with E-state index < -0.39 is 189 Å². The fraction of sp³-hybridized carbons (Fsp3) is 0. The van der Waals surface area contributed by atoms with Crippen LogP contribution in [0.1, 0.15) is 30.2 Å². The standard InChI is InChI=1S/C45H30N4/c1-4-14-31(15-5-1)33-24-26-35(27-25-33)44-46-43(34-18-8-3-9-19-34)47-45(48-44)39-29-28-36(32-16-6-2-7-17-32)30-42(39)49-40-22-12-10-20-37(40)38-21-11-13-23-41(38)49/h1-30H/i1D,2D,3D,4D,5D,6D,7D,8D,9D,14D,15D,16D,17D,18D,19D,24D,25D,26D,27D,28D,29D,30D. The van der Waals surface area contributed by atoms with Crippen LogP contribution in [0.15, 0.2) is 181 Å². The van der Waals surface area contributed by atoms with E-state index in [9.17, 15) is 6.85 Å². The van der Waals surface area contributed by atoms with Crippen LogP contribution in [0, 0.1) is 0 Å². The van der Waals surface area contributed by atoms with Crippen molar-refractivity contribution in [3.63, 3.8) is 0 Å². The van der Waals surface area contributed by atoms with E-state index in [1.165, 1.54) is 4.57 Å². The van der Waals surface area contributed by atoms with Gasteiger partial charge in [0, 0.05) is 27.5 Å². The van der Waals surface area contributed by atoms with E-state index >= 15 is 0 Å². The molecule has 2 heterocycles. The van der Waals surface area contributed by atoms with Gasteiger partial charge in [-0.25, -0.2) is 15.0 Å². The summed E-state index contributed by atoms with van der Waals surface area (Å²) in [6, 6.07) is -4.63. The van der Waals surface area contributed by atoms with Gasteiger partial charge in [0.1, 0.15) is 0 Å². The molecule has 2 aromatic heterocycles. The monoisotopic (exact) mass is 648 g/mol. The lowest BCUT2D eigenvalue weighted by atomic mass is 10.0. The van der Waals surface area contributed by atoms with Crippen LogP contribution in [0.3, 0.4) is 0 Å². The Balaban J connectivity index is 1.48. The summed E-state index contributed by atoms with van der Waals surface area (Å²) in [6.07, 6.45) is 0. The van der Waals surface area contributed by atoms with Crippen molar-refractivity contribution in [2.24, 2.45) is 0 Å². The van der Waals surface area contributed by atoms with Gasteiger partial charge in [-0.05, 0) is 46.5 Å². The average molecular weight is 649 g/mol. The van der Waals surface area contributed by atoms with Crippen LogP contribution < -0.4 is 0 Å². The number of hydrogen-bond donors (Lipinski definition) is 0. The molecule has 0 fully saturated rings. The van der Waals surface area contributed by atoms with E-state index in [1.54, 1.807) is 48.5 Å². The van der Waals surface area contributed by atoms with Crippen molar-refractivity contribution >= 4 is 21.8 Å². The lowest BCUT2D eigenvalue weighted by molar-refractivity contribution is 1.06. The van der Waals surface area contributed by atoms with Crippen LogP contribution >= 0.6 is 0 Å². The van der Waals surface area contributed by atoms with E-state index in [-0.39, 0.29) is 5.69 Å². The average Bonchev–Trinajstić information content (AvgIpc) is 3.69. The highest BCUT2D eigenvalue weighted by Crippen LogP contribution is 2.38. The van der Waals surface area contributed by atoms with Crippen LogP contribution in [-0.2, 0) is 0 Å². The second-order valence-corrected chi connectivity index (χ2v) is 10.4. The maximum absolute atomic E-state index is 9.98. The van der Waals surface area contributed by atoms with Gasteiger partial charge < -0.3 is 4.57 Å². The number of hydrogen-bond acceptors (Lipinski definition) is 3. The second kappa shape index (κ2) is 12.2. The van der Waals surface area contributed by atoms with Gasteiger partial charge in [-0.1, -0.05) is 157 Å². The van der Waals surface area contributed by atoms with E-state index in [2.05, 4.69) is 15.0 Å². The highest BCUT2D eigenvalue weighted by molar-refractivity contribution is 6.09. The van der Waals surface area contributed by atoms with Crippen LogP contribution in [0.5, 0.6) is 0 Å². The molecule has 0 amide bonds. The molecule has 0 radical (unpaired) electrons. The summed E-state index contributed by atoms with van der Waals surface area (Å²) in [5.74, 6) is -2.21. The summed E-state index contributed by atoms with van der Waals surface area (Å²) in [6.45, 7) is 0. The predicted molar refractivity (Wildman–Crippen MR) is 201 cm³/mol. The number of benzene rings is 7. The van der Waals surface area contributed by atoms with Crippen molar-refractivity contribution in [2.75, 3.05) is 0 Å². The summed E-state index contributed by atoms with van der Waals surface area (Å²) in [5, 5.41) is 1.22. The van der Waals surface area contributed by atoms with Gasteiger partial charge >= 0.3 is 0 Å². The molecule has 0 aliphatic heterocycles. The van der Waals surface area contributed by atoms with Gasteiger partial charge in [0.15, 0.2) is 17.5 Å². The second-order valence-electron chi connectivity index (χ2n) is 10.4. The molecule has 0 spiro atoms. The molecule has 0 aliphatic rings. The van der Waals surface area contributed by atoms with Crippen molar-refractivity contribution in [1.82, 2.24) is 19.5 Å². The minimum absolute atomic E-state index is 0.328. The molecule has 0 N–H and O–H groups in total. The molecule has 7 aromatic carbocycles. The molecule has 0 unspecified atom stereocenters. The largest absolute Gasteiger partial charge is 0.308 e. The van der Waals surface area contributed by atoms with Gasteiger partial charge in [0.05, 0.1) is 46.9 Å². The first-order valence-corrected chi connectivity index (χ1v) is 14.7. The normalized spacial score (nSPS) is 17.6. The van der Waals surface area contributed by atoms with Gasteiger partial charge in [-0.15, -0.1) is 0 Å². The number of rotatable bonds is 6. The third kappa shape index (κ3) is 5.26. The van der Waals surface area contributed by atoms with Crippen LogP contribution in [-0.4, -0.2) is 19.5 Å². The number of fused-ring (bicyclic) bond motifs is 3. The Hall–Kier alpha value is -6.65. The Bertz CT molecular complexity index is 3700. The first-order valence-electron chi connectivity index (χ1n) is 25.7. The van der Waals surface area contributed by atoms with Crippen LogP contribution in [0.25, 0.3) is 83.9 Å². The molecule has 4 nitrogen and oxygen atoms in total. The van der Waals surface area contributed by atoms with Gasteiger partial charge in [0.25, 0.3) is 0 Å². The highest BCUT2D eigenvalue weighted by atomic mass is 15.1. The van der Waals surface area contributed by atoms with Crippen molar-refractivity contribution in [3.05, 3.63) is 181 Å². The maximum Gasteiger partial charge on any atom is 0.166 e. The summed E-state index contributed by atoms with van der Waals surface area (Å²) in [5.41, 5.74) is -3.97. The lowest BCUT2D eigenvalue weighted by Gasteiger charge is -2.16. The third-order valence-electron chi connectivity index (χ3n) is 7.53. The van der Waals surface area contributed by atoms with Gasteiger partial charge in [-0.3, -0.25) is 0 Å². The van der Waals surface area contributed by atoms with Crippen molar-refractivity contribution in [2.45, 2.75) is 0 Å². The number of nitrogens with zero attached hydrogens (tertiary/aromatic N) is 4. The fourth-order valence-electron chi connectivity index (χ4n) is 5.39. The quantitative estimate of drug-likeness (QED) is 0.180. The number of aromatic nitrogens is 4. The van der Waals surface area contributed by atoms with Crippen molar-refractivity contribution in [3.8, 4) is 62.1 Å². The summed E-state index contributed by atoms with van der Waals surface area (Å²) in [7, 11) is 0. The SMILES string of the molecule is [2H]c1c([2H])c([2H])c(-c2nc(-c3c([2H])c([2H])c(-c4c([2H])c([2H])c([2H])c([2H])c4[2H])c([2H])c3[2H])nc(-c3c([2H])c([2H])c(-c4c([2H])c([2H])c([2H])c([2H])c4[2H])c([2H])c3-n3c4ccccc4c4ccccc43)n2)c([2H])c1[2H]. The Morgan fingerprint density at radius 3 is 1.37 bits per heavy atom. The first-order chi connectivity index (χ1) is 33.5. The Morgan fingerprint density at radius 2 is 0.796 bits per heavy atom. The maximum atomic E-state index is 9.98. The lowest BCUT2D eigenvalue weighted by Crippen LogP contribution is -2.04. The molecule has 0 bridgehead atoms. The number of para-hydroxylation sites is 2. The Morgan fingerprint density at radius 1 is 0.388 bits per heavy atom. The van der Waals surface area contributed by atoms with E-state index in [1.807, 2.05) is 0 Å². The molecule has 0 atom stereocenters. The topological polar surface area (TPSA) is 43.6 Å². The van der Waals surface area contributed by atoms with Crippen LogP contribution in [0.4, 0.5) is 0 Å².